The number of carbonyl (C=O) groups is 2. The summed E-state index contributed by atoms with van der Waals surface area (Å²) in [7, 11) is -3.57. The molecule has 1 aliphatic heterocycles. The van der Waals surface area contributed by atoms with Crippen molar-refractivity contribution in [3.63, 3.8) is 0 Å². The van der Waals surface area contributed by atoms with Crippen molar-refractivity contribution in [2.24, 2.45) is 0 Å². The molecule has 0 saturated carbocycles. The van der Waals surface area contributed by atoms with Gasteiger partial charge >= 0.3 is 18.3 Å². The Hall–Kier alpha value is -3.40. The van der Waals surface area contributed by atoms with Crippen LogP contribution in [0.25, 0.3) is 0 Å². The number of ether oxygens (including phenoxy) is 1. The van der Waals surface area contributed by atoms with Crippen LogP contribution in [-0.4, -0.2) is 57.4 Å². The zero-order valence-electron chi connectivity index (χ0n) is 19.9. The minimum Gasteiger partial charge on any atom is -0.468 e. The van der Waals surface area contributed by atoms with Gasteiger partial charge in [0.1, 0.15) is 12.4 Å². The molecule has 214 valence electrons. The number of aliphatic hydroxyl groups is 1. The van der Waals surface area contributed by atoms with Crippen LogP contribution in [0.4, 0.5) is 36.4 Å². The summed E-state index contributed by atoms with van der Waals surface area (Å²) in [6.45, 7) is -0.541. The summed E-state index contributed by atoms with van der Waals surface area (Å²) in [5.41, 5.74) is -7.43. The molecule has 1 amide bonds. The highest BCUT2D eigenvalue weighted by Gasteiger charge is 2.71. The van der Waals surface area contributed by atoms with Crippen molar-refractivity contribution in [1.29, 1.82) is 0 Å². The van der Waals surface area contributed by atoms with Gasteiger partial charge in [0.25, 0.3) is 15.6 Å². The molecule has 0 spiro atoms. The maximum Gasteiger partial charge on any atom is 0.430 e. The number of nitrogens with zero attached hydrogens (tertiary/aromatic N) is 1. The lowest BCUT2D eigenvalue weighted by Crippen LogP contribution is -2.54. The molecule has 0 radical (unpaired) electrons. The summed E-state index contributed by atoms with van der Waals surface area (Å²) in [6, 6.07) is 3.63. The van der Waals surface area contributed by atoms with Gasteiger partial charge in [0.05, 0.1) is 23.7 Å². The van der Waals surface area contributed by atoms with Gasteiger partial charge in [-0.25, -0.2) is 12.8 Å². The van der Waals surface area contributed by atoms with Gasteiger partial charge in [-0.1, -0.05) is 12.1 Å². The maximum absolute atomic E-state index is 13.6. The molecule has 0 bridgehead atoms. The quantitative estimate of drug-likeness (QED) is 0.380. The molecule has 1 aliphatic rings. The Balaban J connectivity index is 2.11. The van der Waals surface area contributed by atoms with E-state index in [0.717, 1.165) is 31.4 Å². The number of halogens is 7. The lowest BCUT2D eigenvalue weighted by molar-refractivity contribution is -0.376. The largest absolute Gasteiger partial charge is 0.468 e. The number of hydrogen-bond acceptors (Lipinski definition) is 6. The summed E-state index contributed by atoms with van der Waals surface area (Å²) in [6.07, 6.45) is -13.4. The first-order chi connectivity index (χ1) is 17.9. The van der Waals surface area contributed by atoms with Crippen molar-refractivity contribution in [2.45, 2.75) is 48.2 Å². The van der Waals surface area contributed by atoms with Crippen LogP contribution in [-0.2, 0) is 36.4 Å². The van der Waals surface area contributed by atoms with Gasteiger partial charge in [0, 0.05) is 12.0 Å². The van der Waals surface area contributed by atoms with E-state index in [1.54, 1.807) is 0 Å². The highest BCUT2D eigenvalue weighted by atomic mass is 32.2. The second-order valence-electron chi connectivity index (χ2n) is 8.55. The van der Waals surface area contributed by atoms with Crippen LogP contribution < -0.4 is 9.62 Å². The Morgan fingerprint density at radius 1 is 1.05 bits per heavy atom. The molecule has 8 nitrogen and oxygen atoms in total. The van der Waals surface area contributed by atoms with Gasteiger partial charge in [-0.05, 0) is 48.7 Å². The predicted octanol–water partition coefficient (Wildman–Crippen LogP) is 3.33. The van der Waals surface area contributed by atoms with E-state index < -0.39 is 75.1 Å². The third-order valence-corrected chi connectivity index (χ3v) is 7.96. The Morgan fingerprint density at radius 3 is 2.18 bits per heavy atom. The minimum absolute atomic E-state index is 0.237. The molecule has 2 aromatic rings. The summed E-state index contributed by atoms with van der Waals surface area (Å²) in [5.74, 6) is -2.38. The Bertz CT molecular complexity index is 1330. The van der Waals surface area contributed by atoms with Crippen molar-refractivity contribution in [2.75, 3.05) is 18.0 Å². The first-order valence-electron chi connectivity index (χ1n) is 11.1. The fourth-order valence-corrected chi connectivity index (χ4v) is 5.83. The number of esters is 1. The molecule has 1 heterocycles. The third kappa shape index (κ3) is 5.80. The van der Waals surface area contributed by atoms with Crippen LogP contribution >= 0.6 is 0 Å². The molecule has 0 aliphatic carbocycles. The first-order valence-corrected chi connectivity index (χ1v) is 12.5. The molecule has 2 N–H and O–H groups in total. The van der Waals surface area contributed by atoms with Crippen molar-refractivity contribution in [3.8, 4) is 0 Å². The summed E-state index contributed by atoms with van der Waals surface area (Å²) >= 11 is 0. The molecule has 2 aromatic carbocycles. The number of benzene rings is 2. The average molecular weight is 586 g/mol. The Morgan fingerprint density at radius 2 is 1.64 bits per heavy atom. The van der Waals surface area contributed by atoms with Gasteiger partial charge < -0.3 is 15.2 Å². The smallest absolute Gasteiger partial charge is 0.430 e. The summed E-state index contributed by atoms with van der Waals surface area (Å²) in [4.78, 5) is 23.3. The fourth-order valence-electron chi connectivity index (χ4n) is 4.11. The minimum atomic E-state index is -6.16. The Kier molecular flexibility index (Phi) is 8.22. The summed E-state index contributed by atoms with van der Waals surface area (Å²) < 4.78 is 126. The number of rotatable bonds is 7. The van der Waals surface area contributed by atoms with Crippen LogP contribution in [0.1, 0.15) is 24.0 Å². The second kappa shape index (κ2) is 10.6. The second-order valence-corrected chi connectivity index (χ2v) is 10.4. The molecule has 0 unspecified atom stereocenters. The number of aryl methyl sites for hydroxylation is 1. The molecule has 0 fully saturated rings. The molecule has 39 heavy (non-hydrogen) atoms. The highest BCUT2D eigenvalue weighted by molar-refractivity contribution is 7.92. The Labute approximate surface area is 217 Å². The van der Waals surface area contributed by atoms with Crippen molar-refractivity contribution >= 4 is 27.6 Å². The number of nitrogens with one attached hydrogen (secondary N) is 1. The van der Waals surface area contributed by atoms with E-state index in [0.29, 0.717) is 22.5 Å². The number of amides is 1. The van der Waals surface area contributed by atoms with Crippen molar-refractivity contribution in [3.05, 3.63) is 59.4 Å². The molecule has 0 aromatic heterocycles. The topological polar surface area (TPSA) is 113 Å². The van der Waals surface area contributed by atoms with Gasteiger partial charge in [-0.2, -0.15) is 26.3 Å². The SMILES string of the molecule is COC(=O)CNC(=O)C[C@@H]1CCc2cc(C(O)(C(F)(F)F)C(F)(F)F)ccc2N1S(=O)(=O)c1ccc(F)cc1. The number of sulfonamides is 1. The molecule has 16 heteroatoms. The predicted molar refractivity (Wildman–Crippen MR) is 120 cm³/mol. The number of fused-ring (bicyclic) bond motifs is 1. The molecule has 1 atom stereocenters. The van der Waals surface area contributed by atoms with Crippen molar-refractivity contribution in [1.82, 2.24) is 5.32 Å². The van der Waals surface area contributed by atoms with Gasteiger partial charge in [0.15, 0.2) is 0 Å². The first kappa shape index (κ1) is 30.1. The normalized spacial score (nSPS) is 16.4. The number of carbonyl (C=O) groups excluding carboxylic acids is 2. The van der Waals surface area contributed by atoms with E-state index in [9.17, 15) is 53.8 Å². The van der Waals surface area contributed by atoms with Crippen molar-refractivity contribution < 1.29 is 58.6 Å². The van der Waals surface area contributed by atoms with Crippen LogP contribution in [0.3, 0.4) is 0 Å². The van der Waals surface area contributed by atoms with E-state index in [1.165, 1.54) is 0 Å². The summed E-state index contributed by atoms with van der Waals surface area (Å²) in [5, 5.41) is 12.0. The lowest BCUT2D eigenvalue weighted by atomic mass is 9.87. The number of hydrogen-bond donors (Lipinski definition) is 2. The van der Waals surface area contributed by atoms with Gasteiger partial charge in [0.2, 0.25) is 5.91 Å². The van der Waals surface area contributed by atoms with E-state index in [-0.39, 0.29) is 24.1 Å². The van der Waals surface area contributed by atoms with E-state index >= 15 is 0 Å². The number of anilines is 1. The standard InChI is InChI=1S/C23H21F7N2O6S/c1-38-20(34)12-31-19(33)11-16-6-2-13-10-14(21(35,22(25,26)27)23(28,29)30)3-9-18(13)32(16)39(36,37)17-7-4-15(24)5-8-17/h3-5,7-10,16,35H,2,6,11-12H2,1H3,(H,31,33)/t16-/m0/s1. The third-order valence-electron chi connectivity index (χ3n) is 6.08. The highest BCUT2D eigenvalue weighted by Crippen LogP contribution is 2.51. The average Bonchev–Trinajstić information content (AvgIpc) is 2.85. The van der Waals surface area contributed by atoms with Crippen LogP contribution in [0, 0.1) is 5.82 Å². The van der Waals surface area contributed by atoms with Crippen LogP contribution in [0.2, 0.25) is 0 Å². The van der Waals surface area contributed by atoms with E-state index in [2.05, 4.69) is 10.1 Å². The monoisotopic (exact) mass is 586 g/mol. The van der Waals surface area contributed by atoms with E-state index in [1.807, 2.05) is 0 Å². The zero-order valence-corrected chi connectivity index (χ0v) is 20.8. The number of methoxy groups -OCH3 is 1. The van der Waals surface area contributed by atoms with Crippen LogP contribution in [0.15, 0.2) is 47.4 Å². The van der Waals surface area contributed by atoms with Gasteiger partial charge in [-0.15, -0.1) is 0 Å². The number of alkyl halides is 6. The fraction of sp³-hybridized carbons (Fsp3) is 0.391. The van der Waals surface area contributed by atoms with E-state index in [4.69, 9.17) is 0 Å². The molecule has 3 rings (SSSR count). The lowest BCUT2D eigenvalue weighted by Gasteiger charge is -2.39. The van der Waals surface area contributed by atoms with Crippen LogP contribution in [0.5, 0.6) is 0 Å². The molecular weight excluding hydrogens is 565 g/mol. The maximum atomic E-state index is 13.6. The van der Waals surface area contributed by atoms with Gasteiger partial charge in [-0.3, -0.25) is 13.9 Å². The molecule has 0 saturated heterocycles. The zero-order chi connectivity index (χ0) is 29.4. The molecular formula is C23H21F7N2O6S.